The summed E-state index contributed by atoms with van der Waals surface area (Å²) in [5.74, 6) is 1.93. The molecule has 2 N–H and O–H groups in total. The monoisotopic (exact) mass is 200 g/mol. The topological polar surface area (TPSA) is 38.9 Å². The zero-order chi connectivity index (χ0) is 8.60. The molecule has 0 saturated carbocycles. The van der Waals surface area contributed by atoms with Crippen molar-refractivity contribution < 1.29 is 0 Å². The van der Waals surface area contributed by atoms with Gasteiger partial charge in [-0.3, -0.25) is 0 Å². The second-order valence-corrected chi connectivity index (χ2v) is 5.72. The van der Waals surface area contributed by atoms with Gasteiger partial charge in [-0.05, 0) is 25.5 Å². The Hall–Kier alpha value is -0.220. The van der Waals surface area contributed by atoms with Crippen LogP contribution in [-0.4, -0.2) is 10.7 Å². The maximum absolute atomic E-state index is 5.60. The standard InChI is InChI=1S/C8H12N2S2/c1-8(3-2-4-12-8)7-10-6(9)5-11-7/h5H,2-4,9H2,1H3. The van der Waals surface area contributed by atoms with Gasteiger partial charge in [0, 0.05) is 5.38 Å². The molecule has 0 aliphatic carbocycles. The molecule has 1 saturated heterocycles. The SMILES string of the molecule is CC1(c2nc(N)cs2)CCCS1. The van der Waals surface area contributed by atoms with Crippen LogP contribution in [0.15, 0.2) is 5.38 Å². The Labute approximate surface area is 80.6 Å². The molecular formula is C8H12N2S2. The van der Waals surface area contributed by atoms with E-state index in [0.29, 0.717) is 5.82 Å². The molecular weight excluding hydrogens is 188 g/mol. The van der Waals surface area contributed by atoms with E-state index in [-0.39, 0.29) is 4.75 Å². The Morgan fingerprint density at radius 2 is 2.50 bits per heavy atom. The third-order valence-electron chi connectivity index (χ3n) is 2.19. The molecule has 12 heavy (non-hydrogen) atoms. The Morgan fingerprint density at radius 1 is 1.67 bits per heavy atom. The number of thiazole rings is 1. The van der Waals surface area contributed by atoms with Gasteiger partial charge in [0.15, 0.2) is 0 Å². The Kier molecular flexibility index (Phi) is 2.04. The van der Waals surface area contributed by atoms with E-state index in [1.54, 1.807) is 11.3 Å². The molecule has 0 radical (unpaired) electrons. The minimum atomic E-state index is 0.252. The molecule has 2 rings (SSSR count). The number of nitrogens with two attached hydrogens (primary N) is 1. The first-order chi connectivity index (χ1) is 5.71. The summed E-state index contributed by atoms with van der Waals surface area (Å²) in [5.41, 5.74) is 5.60. The molecule has 2 nitrogen and oxygen atoms in total. The molecule has 4 heteroatoms. The molecule has 0 bridgehead atoms. The summed E-state index contributed by atoms with van der Waals surface area (Å²) in [6.45, 7) is 2.27. The molecule has 0 aromatic carbocycles. The van der Waals surface area contributed by atoms with Crippen LogP contribution in [0.4, 0.5) is 5.82 Å². The van der Waals surface area contributed by atoms with Crippen LogP contribution in [0.2, 0.25) is 0 Å². The van der Waals surface area contributed by atoms with Gasteiger partial charge < -0.3 is 5.73 Å². The number of hydrogen-bond acceptors (Lipinski definition) is 4. The van der Waals surface area contributed by atoms with Crippen LogP contribution in [0.3, 0.4) is 0 Å². The van der Waals surface area contributed by atoms with E-state index in [4.69, 9.17) is 5.73 Å². The van der Waals surface area contributed by atoms with Crippen molar-refractivity contribution in [1.29, 1.82) is 0 Å². The molecule has 1 fully saturated rings. The van der Waals surface area contributed by atoms with E-state index in [9.17, 15) is 0 Å². The molecule has 66 valence electrons. The van der Waals surface area contributed by atoms with Crippen molar-refractivity contribution in [3.05, 3.63) is 10.4 Å². The lowest BCUT2D eigenvalue weighted by molar-refractivity contribution is 0.642. The van der Waals surface area contributed by atoms with E-state index in [1.165, 1.54) is 23.6 Å². The van der Waals surface area contributed by atoms with Crippen molar-refractivity contribution in [3.63, 3.8) is 0 Å². The van der Waals surface area contributed by atoms with Crippen LogP contribution >= 0.6 is 23.1 Å². The van der Waals surface area contributed by atoms with Gasteiger partial charge in [-0.25, -0.2) is 4.98 Å². The third kappa shape index (κ3) is 1.33. The number of nitrogen functional groups attached to an aromatic ring is 1. The minimum absolute atomic E-state index is 0.252. The number of anilines is 1. The average Bonchev–Trinajstić information content (AvgIpc) is 2.59. The van der Waals surface area contributed by atoms with Gasteiger partial charge in [0.05, 0.1) is 4.75 Å². The number of aromatic nitrogens is 1. The highest BCUT2D eigenvalue weighted by molar-refractivity contribution is 8.00. The van der Waals surface area contributed by atoms with Crippen LogP contribution in [0.1, 0.15) is 24.8 Å². The second-order valence-electron chi connectivity index (χ2n) is 3.26. The first kappa shape index (κ1) is 8.38. The van der Waals surface area contributed by atoms with Crippen molar-refractivity contribution in [3.8, 4) is 0 Å². The molecule has 0 amide bonds. The van der Waals surface area contributed by atoms with Gasteiger partial charge in [0.1, 0.15) is 10.8 Å². The second kappa shape index (κ2) is 2.92. The number of hydrogen-bond donors (Lipinski definition) is 1. The smallest absolute Gasteiger partial charge is 0.134 e. The summed E-state index contributed by atoms with van der Waals surface area (Å²) in [7, 11) is 0. The van der Waals surface area contributed by atoms with Gasteiger partial charge in [0.2, 0.25) is 0 Å². The predicted octanol–water partition coefficient (Wildman–Crippen LogP) is 2.47. The molecule has 1 aromatic heterocycles. The highest BCUT2D eigenvalue weighted by Crippen LogP contribution is 2.47. The van der Waals surface area contributed by atoms with Gasteiger partial charge >= 0.3 is 0 Å². The van der Waals surface area contributed by atoms with Crippen molar-refractivity contribution in [1.82, 2.24) is 4.98 Å². The number of thioether (sulfide) groups is 1. The van der Waals surface area contributed by atoms with Crippen LogP contribution in [0.25, 0.3) is 0 Å². The minimum Gasteiger partial charge on any atom is -0.383 e. The number of rotatable bonds is 1. The van der Waals surface area contributed by atoms with Crippen LogP contribution in [0, 0.1) is 0 Å². The highest BCUT2D eigenvalue weighted by atomic mass is 32.2. The maximum atomic E-state index is 5.60. The lowest BCUT2D eigenvalue weighted by Gasteiger charge is -2.18. The fourth-order valence-corrected chi connectivity index (χ4v) is 3.79. The van der Waals surface area contributed by atoms with E-state index < -0.39 is 0 Å². The Morgan fingerprint density at radius 3 is 3.00 bits per heavy atom. The molecule has 1 atom stereocenters. The van der Waals surface area contributed by atoms with E-state index in [2.05, 4.69) is 11.9 Å². The Bertz CT molecular complexity index is 276. The van der Waals surface area contributed by atoms with Gasteiger partial charge in [-0.15, -0.1) is 23.1 Å². The van der Waals surface area contributed by atoms with Crippen molar-refractivity contribution >= 4 is 28.9 Å². The van der Waals surface area contributed by atoms with Crippen LogP contribution in [-0.2, 0) is 4.75 Å². The fourth-order valence-electron chi connectivity index (χ4n) is 1.48. The largest absolute Gasteiger partial charge is 0.383 e. The normalized spacial score (nSPS) is 29.4. The average molecular weight is 200 g/mol. The fraction of sp³-hybridized carbons (Fsp3) is 0.625. The van der Waals surface area contributed by atoms with Crippen LogP contribution in [0.5, 0.6) is 0 Å². The summed E-state index contributed by atoms with van der Waals surface area (Å²) in [6, 6.07) is 0. The predicted molar refractivity (Wildman–Crippen MR) is 55.6 cm³/mol. The van der Waals surface area contributed by atoms with Crippen molar-refractivity contribution in [2.45, 2.75) is 24.5 Å². The quantitative estimate of drug-likeness (QED) is 0.757. The molecule has 1 aromatic rings. The number of nitrogens with zero attached hydrogens (tertiary/aromatic N) is 1. The lowest BCUT2D eigenvalue weighted by Crippen LogP contribution is -2.12. The maximum Gasteiger partial charge on any atom is 0.134 e. The molecule has 1 aliphatic heterocycles. The molecule has 1 unspecified atom stereocenters. The van der Waals surface area contributed by atoms with Gasteiger partial charge in [-0.2, -0.15) is 0 Å². The Balaban J connectivity index is 2.28. The lowest BCUT2D eigenvalue weighted by atomic mass is 10.1. The zero-order valence-electron chi connectivity index (χ0n) is 7.04. The van der Waals surface area contributed by atoms with Gasteiger partial charge in [-0.1, -0.05) is 0 Å². The van der Waals surface area contributed by atoms with Crippen LogP contribution < -0.4 is 5.73 Å². The van der Waals surface area contributed by atoms with E-state index >= 15 is 0 Å². The summed E-state index contributed by atoms with van der Waals surface area (Å²) in [6.07, 6.45) is 2.55. The molecule has 1 aliphatic rings. The molecule has 0 spiro atoms. The van der Waals surface area contributed by atoms with Gasteiger partial charge in [0.25, 0.3) is 0 Å². The highest BCUT2D eigenvalue weighted by Gasteiger charge is 2.33. The van der Waals surface area contributed by atoms with Crippen molar-refractivity contribution in [2.24, 2.45) is 0 Å². The molecule has 2 heterocycles. The first-order valence-electron chi connectivity index (χ1n) is 4.06. The first-order valence-corrected chi connectivity index (χ1v) is 5.93. The third-order valence-corrected chi connectivity index (χ3v) is 4.97. The zero-order valence-corrected chi connectivity index (χ0v) is 8.67. The summed E-state index contributed by atoms with van der Waals surface area (Å²) in [5, 5.41) is 3.13. The van der Waals surface area contributed by atoms with E-state index in [1.807, 2.05) is 17.1 Å². The van der Waals surface area contributed by atoms with Crippen molar-refractivity contribution in [2.75, 3.05) is 11.5 Å². The van der Waals surface area contributed by atoms with E-state index in [0.717, 1.165) is 0 Å². The summed E-state index contributed by atoms with van der Waals surface area (Å²) >= 11 is 3.69. The summed E-state index contributed by atoms with van der Waals surface area (Å²) < 4.78 is 0.252. The summed E-state index contributed by atoms with van der Waals surface area (Å²) in [4.78, 5) is 4.34.